The van der Waals surface area contributed by atoms with E-state index < -0.39 is 0 Å². The third kappa shape index (κ3) is 4.31. The molecule has 0 spiro atoms. The Bertz CT molecular complexity index is 363. The maximum atomic E-state index is 9.73. The zero-order chi connectivity index (χ0) is 12.8. The maximum absolute atomic E-state index is 9.73. The Balaban J connectivity index is 1.59. The van der Waals surface area contributed by atoms with Crippen molar-refractivity contribution >= 4 is 0 Å². The van der Waals surface area contributed by atoms with Crippen LogP contribution in [0.25, 0.3) is 0 Å². The molecule has 1 aromatic rings. The predicted molar refractivity (Wildman–Crippen MR) is 72.7 cm³/mol. The molecule has 1 unspecified atom stereocenters. The number of hydrogen-bond donors (Lipinski definition) is 2. The molecule has 2 N–H and O–H groups in total. The van der Waals surface area contributed by atoms with Crippen LogP contribution in [0, 0.1) is 5.92 Å². The number of para-hydroxylation sites is 1. The molecule has 1 aromatic carbocycles. The van der Waals surface area contributed by atoms with E-state index in [1.165, 1.54) is 12.8 Å². The first kappa shape index (κ1) is 13.4. The van der Waals surface area contributed by atoms with Crippen molar-refractivity contribution < 1.29 is 9.84 Å². The topological polar surface area (TPSA) is 41.5 Å². The molecule has 18 heavy (non-hydrogen) atoms. The number of ether oxygens (including phenoxy) is 1. The number of benzene rings is 1. The first-order valence-corrected chi connectivity index (χ1v) is 6.86. The standard InChI is InChI=1S/C15H23NO2/c1-12(14-5-2-3-6-15(14)17)16-9-4-10-18-11-13-7-8-13/h2-3,5-6,12-13,16-17H,4,7-11H2,1H3. The fraction of sp³-hybridized carbons (Fsp3) is 0.600. The number of aromatic hydroxyl groups is 1. The minimum absolute atomic E-state index is 0.176. The Labute approximate surface area is 109 Å². The van der Waals surface area contributed by atoms with Crippen molar-refractivity contribution in [3.8, 4) is 5.75 Å². The number of nitrogens with one attached hydrogen (secondary N) is 1. The summed E-state index contributed by atoms with van der Waals surface area (Å²) in [4.78, 5) is 0. The summed E-state index contributed by atoms with van der Waals surface area (Å²) in [6.07, 6.45) is 3.72. The number of rotatable bonds is 8. The van der Waals surface area contributed by atoms with E-state index >= 15 is 0 Å². The van der Waals surface area contributed by atoms with Crippen molar-refractivity contribution in [2.45, 2.75) is 32.2 Å². The van der Waals surface area contributed by atoms with Crippen LogP contribution in [-0.4, -0.2) is 24.9 Å². The van der Waals surface area contributed by atoms with Crippen molar-refractivity contribution in [2.75, 3.05) is 19.8 Å². The summed E-state index contributed by atoms with van der Waals surface area (Å²) in [5, 5.41) is 13.1. The summed E-state index contributed by atoms with van der Waals surface area (Å²) in [6.45, 7) is 4.76. The minimum Gasteiger partial charge on any atom is -0.508 e. The highest BCUT2D eigenvalue weighted by atomic mass is 16.5. The van der Waals surface area contributed by atoms with Gasteiger partial charge >= 0.3 is 0 Å². The van der Waals surface area contributed by atoms with Gasteiger partial charge in [0.05, 0.1) is 0 Å². The summed E-state index contributed by atoms with van der Waals surface area (Å²) in [7, 11) is 0. The fourth-order valence-corrected chi connectivity index (χ4v) is 1.99. The van der Waals surface area contributed by atoms with Crippen LogP contribution in [0.15, 0.2) is 24.3 Å². The van der Waals surface area contributed by atoms with Crippen LogP contribution < -0.4 is 5.32 Å². The second-order valence-electron chi connectivity index (χ2n) is 5.11. The molecule has 1 fully saturated rings. The summed E-state index contributed by atoms with van der Waals surface area (Å²) < 4.78 is 5.58. The molecule has 0 radical (unpaired) electrons. The van der Waals surface area contributed by atoms with E-state index in [1.807, 2.05) is 18.2 Å². The Kier molecular flexibility index (Phi) is 5.02. The van der Waals surface area contributed by atoms with E-state index in [9.17, 15) is 5.11 Å². The van der Waals surface area contributed by atoms with Crippen LogP contribution in [0.4, 0.5) is 0 Å². The third-order valence-electron chi connectivity index (χ3n) is 3.37. The smallest absolute Gasteiger partial charge is 0.120 e. The highest BCUT2D eigenvalue weighted by molar-refractivity contribution is 5.33. The molecule has 2 rings (SSSR count). The molecule has 1 aliphatic carbocycles. The van der Waals surface area contributed by atoms with Crippen molar-refractivity contribution in [2.24, 2.45) is 5.92 Å². The normalized spacial score (nSPS) is 16.7. The van der Waals surface area contributed by atoms with Gasteiger partial charge in [0.25, 0.3) is 0 Å². The molecular weight excluding hydrogens is 226 g/mol. The first-order chi connectivity index (χ1) is 8.77. The quantitative estimate of drug-likeness (QED) is 0.696. The fourth-order valence-electron chi connectivity index (χ4n) is 1.99. The molecule has 0 aliphatic heterocycles. The van der Waals surface area contributed by atoms with Crippen LogP contribution in [0.2, 0.25) is 0 Å². The zero-order valence-corrected chi connectivity index (χ0v) is 11.1. The molecule has 0 bridgehead atoms. The van der Waals surface area contributed by atoms with Gasteiger partial charge in [-0.1, -0.05) is 18.2 Å². The van der Waals surface area contributed by atoms with Crippen LogP contribution in [-0.2, 0) is 4.74 Å². The van der Waals surface area contributed by atoms with Gasteiger partial charge in [0.15, 0.2) is 0 Å². The van der Waals surface area contributed by atoms with E-state index in [4.69, 9.17) is 4.74 Å². The Morgan fingerprint density at radius 1 is 1.39 bits per heavy atom. The monoisotopic (exact) mass is 249 g/mol. The highest BCUT2D eigenvalue weighted by Crippen LogP contribution is 2.28. The van der Waals surface area contributed by atoms with E-state index in [0.717, 1.165) is 37.7 Å². The van der Waals surface area contributed by atoms with Crippen LogP contribution in [0.1, 0.15) is 37.8 Å². The molecular formula is C15H23NO2. The number of phenolic OH excluding ortho intramolecular Hbond substituents is 1. The molecule has 1 aliphatic rings. The Hall–Kier alpha value is -1.06. The summed E-state index contributed by atoms with van der Waals surface area (Å²) in [5.74, 6) is 1.21. The Morgan fingerprint density at radius 2 is 2.17 bits per heavy atom. The van der Waals surface area contributed by atoms with Gasteiger partial charge in [-0.15, -0.1) is 0 Å². The third-order valence-corrected chi connectivity index (χ3v) is 3.37. The molecule has 0 heterocycles. The zero-order valence-electron chi connectivity index (χ0n) is 11.1. The second-order valence-corrected chi connectivity index (χ2v) is 5.11. The van der Waals surface area contributed by atoms with E-state index in [1.54, 1.807) is 6.07 Å². The van der Waals surface area contributed by atoms with Gasteiger partial charge in [0.2, 0.25) is 0 Å². The lowest BCUT2D eigenvalue weighted by atomic mass is 10.1. The molecule has 3 nitrogen and oxygen atoms in total. The molecule has 100 valence electrons. The largest absolute Gasteiger partial charge is 0.508 e. The molecule has 0 amide bonds. The van der Waals surface area contributed by atoms with Crippen LogP contribution >= 0.6 is 0 Å². The van der Waals surface area contributed by atoms with Gasteiger partial charge in [0.1, 0.15) is 5.75 Å². The van der Waals surface area contributed by atoms with Gasteiger partial charge in [-0.3, -0.25) is 0 Å². The lowest BCUT2D eigenvalue weighted by Crippen LogP contribution is -2.21. The second kappa shape index (κ2) is 6.76. The summed E-state index contributed by atoms with van der Waals surface area (Å²) >= 11 is 0. The van der Waals surface area contributed by atoms with E-state index in [-0.39, 0.29) is 6.04 Å². The molecule has 1 atom stereocenters. The van der Waals surface area contributed by atoms with Crippen molar-refractivity contribution in [3.05, 3.63) is 29.8 Å². The Morgan fingerprint density at radius 3 is 2.89 bits per heavy atom. The molecule has 3 heteroatoms. The van der Waals surface area contributed by atoms with Gasteiger partial charge in [-0.25, -0.2) is 0 Å². The van der Waals surface area contributed by atoms with Crippen LogP contribution in [0.3, 0.4) is 0 Å². The summed E-state index contributed by atoms with van der Waals surface area (Å²) in [6, 6.07) is 7.65. The highest BCUT2D eigenvalue weighted by Gasteiger charge is 2.20. The van der Waals surface area contributed by atoms with Crippen LogP contribution in [0.5, 0.6) is 5.75 Å². The molecule has 0 saturated heterocycles. The van der Waals surface area contributed by atoms with Gasteiger partial charge in [-0.05, 0) is 44.7 Å². The lowest BCUT2D eigenvalue weighted by molar-refractivity contribution is 0.121. The number of phenols is 1. The average molecular weight is 249 g/mol. The average Bonchev–Trinajstić information content (AvgIpc) is 3.18. The molecule has 0 aromatic heterocycles. The van der Waals surface area contributed by atoms with E-state index in [2.05, 4.69) is 12.2 Å². The predicted octanol–water partition coefficient (Wildman–Crippen LogP) is 2.86. The van der Waals surface area contributed by atoms with Gasteiger partial charge in [0, 0.05) is 24.8 Å². The van der Waals surface area contributed by atoms with E-state index in [0.29, 0.717) is 5.75 Å². The van der Waals surface area contributed by atoms with Crippen molar-refractivity contribution in [3.63, 3.8) is 0 Å². The maximum Gasteiger partial charge on any atom is 0.120 e. The SMILES string of the molecule is CC(NCCCOCC1CC1)c1ccccc1O. The summed E-state index contributed by atoms with van der Waals surface area (Å²) in [5.41, 5.74) is 0.955. The number of hydrogen-bond acceptors (Lipinski definition) is 3. The van der Waals surface area contributed by atoms with Gasteiger partial charge < -0.3 is 15.2 Å². The first-order valence-electron chi connectivity index (χ1n) is 6.86. The lowest BCUT2D eigenvalue weighted by Gasteiger charge is -2.15. The van der Waals surface area contributed by atoms with Gasteiger partial charge in [-0.2, -0.15) is 0 Å². The van der Waals surface area contributed by atoms with Crippen molar-refractivity contribution in [1.82, 2.24) is 5.32 Å². The minimum atomic E-state index is 0.176. The molecule has 1 saturated carbocycles. The van der Waals surface area contributed by atoms with Crippen molar-refractivity contribution in [1.29, 1.82) is 0 Å².